The van der Waals surface area contributed by atoms with Crippen molar-refractivity contribution in [1.82, 2.24) is 15.0 Å². The zero-order chi connectivity index (χ0) is 12.3. The first-order valence-electron chi connectivity index (χ1n) is 5.51. The van der Waals surface area contributed by atoms with Crippen LogP contribution in [0.1, 0.15) is 24.8 Å². The van der Waals surface area contributed by atoms with Crippen molar-refractivity contribution in [3.05, 3.63) is 26.4 Å². The van der Waals surface area contributed by atoms with E-state index in [-0.39, 0.29) is 5.56 Å². The quantitative estimate of drug-likeness (QED) is 0.609. The van der Waals surface area contributed by atoms with Crippen LogP contribution in [0.15, 0.2) is 14.7 Å². The number of hydrogen-bond acceptors (Lipinski definition) is 5. The number of hydrazone groups is 1. The Balaban J connectivity index is 2.20. The molecule has 3 N–H and O–H groups in total. The minimum atomic E-state index is -0.734. The summed E-state index contributed by atoms with van der Waals surface area (Å²) in [5, 5.41) is 15.4. The predicted octanol–water partition coefficient (Wildman–Crippen LogP) is -0.411. The molecule has 2 rings (SSSR count). The van der Waals surface area contributed by atoms with Crippen molar-refractivity contribution in [3.63, 3.8) is 0 Å². The molecular weight excluding hydrogens is 224 g/mol. The maximum atomic E-state index is 11.4. The van der Waals surface area contributed by atoms with Gasteiger partial charge < -0.3 is 5.11 Å². The van der Waals surface area contributed by atoms with Crippen LogP contribution in [0.25, 0.3) is 0 Å². The SMILES string of the molecule is O=c1[nH]c(O)c(C=NN2CCCCC2)c(=O)[nH]1. The largest absolute Gasteiger partial charge is 0.494 e. The molecule has 0 atom stereocenters. The van der Waals surface area contributed by atoms with Gasteiger partial charge in [0.05, 0.1) is 6.21 Å². The van der Waals surface area contributed by atoms with Crippen LogP contribution in [-0.4, -0.2) is 39.4 Å². The Hall–Kier alpha value is -2.05. The highest BCUT2D eigenvalue weighted by atomic mass is 16.3. The van der Waals surface area contributed by atoms with Gasteiger partial charge in [-0.05, 0) is 19.3 Å². The van der Waals surface area contributed by atoms with Gasteiger partial charge in [-0.2, -0.15) is 5.10 Å². The second-order valence-corrected chi connectivity index (χ2v) is 3.93. The van der Waals surface area contributed by atoms with Gasteiger partial charge in [-0.3, -0.25) is 19.8 Å². The molecule has 0 radical (unpaired) electrons. The van der Waals surface area contributed by atoms with Gasteiger partial charge in [0.25, 0.3) is 5.56 Å². The highest BCUT2D eigenvalue weighted by Gasteiger charge is 2.09. The summed E-state index contributed by atoms with van der Waals surface area (Å²) in [6.07, 6.45) is 4.61. The van der Waals surface area contributed by atoms with Gasteiger partial charge >= 0.3 is 5.69 Å². The summed E-state index contributed by atoms with van der Waals surface area (Å²) in [4.78, 5) is 26.4. The van der Waals surface area contributed by atoms with E-state index < -0.39 is 17.1 Å². The minimum absolute atomic E-state index is 0.0322. The van der Waals surface area contributed by atoms with E-state index in [2.05, 4.69) is 10.1 Å². The lowest BCUT2D eigenvalue weighted by atomic mass is 10.2. The summed E-state index contributed by atoms with van der Waals surface area (Å²) in [5.74, 6) is -0.459. The van der Waals surface area contributed by atoms with Crippen LogP contribution in [0.2, 0.25) is 0 Å². The van der Waals surface area contributed by atoms with Gasteiger partial charge in [-0.15, -0.1) is 0 Å². The molecule has 7 heteroatoms. The molecule has 1 fully saturated rings. The Labute approximate surface area is 96.8 Å². The summed E-state index contributed by atoms with van der Waals surface area (Å²) in [5.41, 5.74) is -1.41. The van der Waals surface area contributed by atoms with Crippen molar-refractivity contribution in [2.75, 3.05) is 13.1 Å². The third kappa shape index (κ3) is 2.74. The number of aromatic hydroxyl groups is 1. The van der Waals surface area contributed by atoms with Gasteiger partial charge in [0.2, 0.25) is 5.88 Å². The zero-order valence-corrected chi connectivity index (χ0v) is 9.27. The molecule has 1 aromatic heterocycles. The molecule has 0 saturated carbocycles. The van der Waals surface area contributed by atoms with Crippen LogP contribution in [0.4, 0.5) is 0 Å². The molecule has 92 valence electrons. The van der Waals surface area contributed by atoms with E-state index in [0.717, 1.165) is 25.9 Å². The smallest absolute Gasteiger partial charge is 0.328 e. The monoisotopic (exact) mass is 238 g/mol. The minimum Gasteiger partial charge on any atom is -0.494 e. The number of hydrogen-bond donors (Lipinski definition) is 3. The molecule has 1 saturated heterocycles. The lowest BCUT2D eigenvalue weighted by molar-refractivity contribution is 0.240. The van der Waals surface area contributed by atoms with Gasteiger partial charge in [0.1, 0.15) is 5.56 Å². The van der Waals surface area contributed by atoms with Crippen LogP contribution in [0, 0.1) is 0 Å². The van der Waals surface area contributed by atoms with E-state index in [1.165, 1.54) is 12.6 Å². The Morgan fingerprint density at radius 1 is 1.18 bits per heavy atom. The van der Waals surface area contributed by atoms with E-state index in [9.17, 15) is 14.7 Å². The van der Waals surface area contributed by atoms with E-state index in [1.54, 1.807) is 0 Å². The van der Waals surface area contributed by atoms with Gasteiger partial charge in [0.15, 0.2) is 0 Å². The lowest BCUT2D eigenvalue weighted by Crippen LogP contribution is -2.27. The molecule has 1 aromatic rings. The maximum absolute atomic E-state index is 11.4. The first kappa shape index (κ1) is 11.4. The summed E-state index contributed by atoms with van der Waals surface area (Å²) in [6.45, 7) is 1.69. The second-order valence-electron chi connectivity index (χ2n) is 3.93. The molecule has 17 heavy (non-hydrogen) atoms. The molecule has 0 spiro atoms. The van der Waals surface area contributed by atoms with Crippen LogP contribution in [0.5, 0.6) is 5.88 Å². The van der Waals surface area contributed by atoms with Crippen LogP contribution >= 0.6 is 0 Å². The first-order valence-corrected chi connectivity index (χ1v) is 5.51. The Bertz CT molecular complexity index is 525. The molecule has 0 unspecified atom stereocenters. The van der Waals surface area contributed by atoms with Crippen molar-refractivity contribution in [3.8, 4) is 5.88 Å². The topological polar surface area (TPSA) is 102 Å². The van der Waals surface area contributed by atoms with Crippen molar-refractivity contribution >= 4 is 6.21 Å². The predicted molar refractivity (Wildman–Crippen MR) is 62.4 cm³/mol. The van der Waals surface area contributed by atoms with Crippen molar-refractivity contribution in [2.45, 2.75) is 19.3 Å². The van der Waals surface area contributed by atoms with Gasteiger partial charge in [0, 0.05) is 13.1 Å². The highest BCUT2D eigenvalue weighted by Crippen LogP contribution is 2.09. The summed E-state index contributed by atoms with van der Waals surface area (Å²) < 4.78 is 0. The normalized spacial score (nSPS) is 16.6. The summed E-state index contributed by atoms with van der Waals surface area (Å²) in [6, 6.07) is 0. The number of piperidine rings is 1. The zero-order valence-electron chi connectivity index (χ0n) is 9.27. The number of nitrogens with zero attached hydrogens (tertiary/aromatic N) is 2. The molecule has 0 bridgehead atoms. The molecule has 1 aliphatic rings. The fraction of sp³-hybridized carbons (Fsp3) is 0.500. The average molecular weight is 238 g/mol. The Kier molecular flexibility index (Phi) is 3.27. The summed E-state index contributed by atoms with van der Waals surface area (Å²) in [7, 11) is 0. The second kappa shape index (κ2) is 4.86. The van der Waals surface area contributed by atoms with Crippen LogP contribution < -0.4 is 11.2 Å². The molecule has 7 nitrogen and oxygen atoms in total. The number of aromatic nitrogens is 2. The molecule has 0 aliphatic carbocycles. The summed E-state index contributed by atoms with van der Waals surface area (Å²) >= 11 is 0. The van der Waals surface area contributed by atoms with E-state index in [4.69, 9.17) is 0 Å². The van der Waals surface area contributed by atoms with Crippen LogP contribution in [-0.2, 0) is 0 Å². The number of aromatic amines is 2. The van der Waals surface area contributed by atoms with Gasteiger partial charge in [-0.25, -0.2) is 4.79 Å². The van der Waals surface area contributed by atoms with E-state index in [1.807, 2.05) is 9.99 Å². The van der Waals surface area contributed by atoms with Gasteiger partial charge in [-0.1, -0.05) is 0 Å². The van der Waals surface area contributed by atoms with E-state index in [0.29, 0.717) is 0 Å². The standard InChI is InChI=1S/C10H14N4O3/c15-8-7(9(16)13-10(17)12-8)6-11-14-4-2-1-3-5-14/h6H,1-5H2,(H3,12,13,15,16,17). The fourth-order valence-corrected chi connectivity index (χ4v) is 1.74. The molecule has 1 aliphatic heterocycles. The third-order valence-electron chi connectivity index (χ3n) is 2.64. The lowest BCUT2D eigenvalue weighted by Gasteiger charge is -2.23. The maximum Gasteiger partial charge on any atom is 0.328 e. The Morgan fingerprint density at radius 3 is 2.53 bits per heavy atom. The van der Waals surface area contributed by atoms with Crippen molar-refractivity contribution < 1.29 is 5.11 Å². The van der Waals surface area contributed by atoms with Crippen molar-refractivity contribution in [2.24, 2.45) is 5.10 Å². The first-order chi connectivity index (χ1) is 8.16. The average Bonchev–Trinajstić information content (AvgIpc) is 2.29. The molecular formula is C10H14N4O3. The molecule has 2 heterocycles. The number of nitrogens with one attached hydrogen (secondary N) is 2. The number of rotatable bonds is 2. The molecule has 0 amide bonds. The highest BCUT2D eigenvalue weighted by molar-refractivity contribution is 5.81. The molecule has 0 aromatic carbocycles. The van der Waals surface area contributed by atoms with E-state index >= 15 is 0 Å². The fourth-order valence-electron chi connectivity index (χ4n) is 1.74. The third-order valence-corrected chi connectivity index (χ3v) is 2.64. The number of H-pyrrole nitrogens is 2. The van der Waals surface area contributed by atoms with Crippen LogP contribution in [0.3, 0.4) is 0 Å². The van der Waals surface area contributed by atoms with Crippen molar-refractivity contribution in [1.29, 1.82) is 0 Å². The Morgan fingerprint density at radius 2 is 1.88 bits per heavy atom.